The van der Waals surface area contributed by atoms with Crippen LogP contribution in [0.5, 0.6) is 5.75 Å². The summed E-state index contributed by atoms with van der Waals surface area (Å²) < 4.78 is 5.45. The van der Waals surface area contributed by atoms with Gasteiger partial charge in [-0.1, -0.05) is 72.8 Å². The van der Waals surface area contributed by atoms with Crippen LogP contribution in [0.4, 0.5) is 0 Å². The van der Waals surface area contributed by atoms with Crippen molar-refractivity contribution in [1.29, 1.82) is 0 Å². The van der Waals surface area contributed by atoms with Gasteiger partial charge in [0.25, 0.3) is 0 Å². The number of ether oxygens (including phenoxy) is 1. The molecule has 0 spiro atoms. The molecule has 0 saturated heterocycles. The lowest BCUT2D eigenvalue weighted by Crippen LogP contribution is -2.33. The summed E-state index contributed by atoms with van der Waals surface area (Å²) in [6.45, 7) is 0.657. The number of benzene rings is 3. The fourth-order valence-corrected chi connectivity index (χ4v) is 3.70. The van der Waals surface area contributed by atoms with Gasteiger partial charge in [-0.05, 0) is 37.4 Å². The number of hydrogen-bond donors (Lipinski definition) is 0. The molecular formula is C25H28ClNO2. The van der Waals surface area contributed by atoms with Crippen molar-refractivity contribution in [3.63, 3.8) is 0 Å². The molecule has 3 aromatic carbocycles. The molecule has 0 aliphatic rings. The summed E-state index contributed by atoms with van der Waals surface area (Å²) in [6, 6.07) is 27.9. The lowest BCUT2D eigenvalue weighted by Gasteiger charge is -2.30. The predicted molar refractivity (Wildman–Crippen MR) is 121 cm³/mol. The first-order valence-corrected chi connectivity index (χ1v) is 9.53. The number of hydrogen-bond acceptors (Lipinski definition) is 3. The van der Waals surface area contributed by atoms with E-state index in [2.05, 4.69) is 23.1 Å². The Balaban J connectivity index is 0.00000300. The molecule has 152 valence electrons. The van der Waals surface area contributed by atoms with Crippen LogP contribution in [0.25, 0.3) is 0 Å². The maximum Gasteiger partial charge on any atom is 0.168 e. The molecule has 0 bridgehead atoms. The summed E-state index contributed by atoms with van der Waals surface area (Å²) in [4.78, 5) is 15.6. The molecule has 0 aromatic heterocycles. The third-order valence-electron chi connectivity index (χ3n) is 4.97. The van der Waals surface area contributed by atoms with Crippen molar-refractivity contribution in [2.45, 2.75) is 5.92 Å². The number of ketones is 1. The molecule has 0 radical (unpaired) electrons. The first-order chi connectivity index (χ1) is 13.6. The molecule has 2 atom stereocenters. The van der Waals surface area contributed by atoms with Crippen LogP contribution in [0.2, 0.25) is 0 Å². The lowest BCUT2D eigenvalue weighted by atomic mass is 9.76. The Kier molecular flexibility index (Phi) is 8.44. The monoisotopic (exact) mass is 409 g/mol. The fraction of sp³-hybridized carbons (Fsp3) is 0.240. The lowest BCUT2D eigenvalue weighted by molar-refractivity contribution is 0.0883. The van der Waals surface area contributed by atoms with E-state index in [1.54, 1.807) is 7.11 Å². The van der Waals surface area contributed by atoms with Gasteiger partial charge in [-0.25, -0.2) is 0 Å². The van der Waals surface area contributed by atoms with Crippen LogP contribution in [-0.4, -0.2) is 38.4 Å². The summed E-state index contributed by atoms with van der Waals surface area (Å²) in [5.41, 5.74) is 2.96. The molecule has 0 amide bonds. The van der Waals surface area contributed by atoms with Crippen LogP contribution in [0.3, 0.4) is 0 Å². The Bertz CT molecular complexity index is 897. The van der Waals surface area contributed by atoms with Crippen molar-refractivity contribution in [3.05, 3.63) is 102 Å². The van der Waals surface area contributed by atoms with Gasteiger partial charge in [0.15, 0.2) is 5.78 Å². The van der Waals surface area contributed by atoms with Crippen molar-refractivity contribution < 1.29 is 9.53 Å². The fourth-order valence-electron chi connectivity index (χ4n) is 3.70. The molecule has 4 heteroatoms. The van der Waals surface area contributed by atoms with Crippen LogP contribution in [0.1, 0.15) is 27.4 Å². The SMILES string of the molecule is COc1cccc([C@H](c2ccccc2)[C@@H](CN(C)C)C(=O)c2ccccc2)c1.Cl. The third-order valence-corrected chi connectivity index (χ3v) is 4.97. The average molecular weight is 410 g/mol. The Morgan fingerprint density at radius 2 is 1.45 bits per heavy atom. The average Bonchev–Trinajstić information content (AvgIpc) is 2.74. The minimum absolute atomic E-state index is 0. The van der Waals surface area contributed by atoms with Crippen molar-refractivity contribution >= 4 is 18.2 Å². The molecule has 0 unspecified atom stereocenters. The smallest absolute Gasteiger partial charge is 0.168 e. The molecule has 0 saturated carbocycles. The van der Waals surface area contributed by atoms with Gasteiger partial charge in [-0.2, -0.15) is 0 Å². The van der Waals surface area contributed by atoms with Gasteiger partial charge in [0.2, 0.25) is 0 Å². The maximum atomic E-state index is 13.6. The molecular weight excluding hydrogens is 382 g/mol. The van der Waals surface area contributed by atoms with Gasteiger partial charge in [-0.3, -0.25) is 4.79 Å². The maximum absolute atomic E-state index is 13.6. The number of methoxy groups -OCH3 is 1. The zero-order valence-electron chi connectivity index (χ0n) is 17.1. The van der Waals surface area contributed by atoms with E-state index >= 15 is 0 Å². The third kappa shape index (κ3) is 5.69. The van der Waals surface area contributed by atoms with Crippen molar-refractivity contribution in [1.82, 2.24) is 4.90 Å². The van der Waals surface area contributed by atoms with Gasteiger partial charge in [0.1, 0.15) is 5.75 Å². The molecule has 3 nitrogen and oxygen atoms in total. The molecule has 0 aliphatic carbocycles. The highest BCUT2D eigenvalue weighted by molar-refractivity contribution is 5.99. The molecule has 0 fully saturated rings. The first kappa shape index (κ1) is 22.7. The second-order valence-electron chi connectivity index (χ2n) is 7.26. The van der Waals surface area contributed by atoms with E-state index in [-0.39, 0.29) is 30.0 Å². The highest BCUT2D eigenvalue weighted by Crippen LogP contribution is 2.36. The predicted octanol–water partition coefficient (Wildman–Crippen LogP) is 5.31. The van der Waals surface area contributed by atoms with E-state index in [1.165, 1.54) is 0 Å². The Morgan fingerprint density at radius 3 is 2.03 bits per heavy atom. The highest BCUT2D eigenvalue weighted by atomic mass is 35.5. The summed E-state index contributed by atoms with van der Waals surface area (Å²) in [5.74, 6) is 0.679. The minimum Gasteiger partial charge on any atom is -0.497 e. The van der Waals surface area contributed by atoms with Crippen LogP contribution in [0.15, 0.2) is 84.9 Å². The van der Waals surface area contributed by atoms with Gasteiger partial charge in [0, 0.05) is 23.9 Å². The van der Waals surface area contributed by atoms with E-state index in [0.717, 1.165) is 22.4 Å². The molecule has 0 heterocycles. The summed E-state index contributed by atoms with van der Waals surface area (Å²) in [5, 5.41) is 0. The van der Waals surface area contributed by atoms with Crippen LogP contribution in [0, 0.1) is 5.92 Å². The number of carbonyl (C=O) groups is 1. The number of rotatable bonds is 8. The normalized spacial score (nSPS) is 12.7. The van der Waals surface area contributed by atoms with Crippen LogP contribution >= 0.6 is 12.4 Å². The van der Waals surface area contributed by atoms with Crippen molar-refractivity contribution in [2.75, 3.05) is 27.7 Å². The standard InChI is InChI=1S/C25H27NO2.ClH/c1-26(2)18-23(25(27)20-13-8-5-9-14-20)24(19-11-6-4-7-12-19)21-15-10-16-22(17-21)28-3;/h4-17,23-24H,18H2,1-3H3;1H/t23-,24+;/m1./s1. The summed E-state index contributed by atoms with van der Waals surface area (Å²) >= 11 is 0. The van der Waals surface area contributed by atoms with Crippen molar-refractivity contribution in [2.24, 2.45) is 5.92 Å². The zero-order valence-corrected chi connectivity index (χ0v) is 17.9. The molecule has 29 heavy (non-hydrogen) atoms. The van der Waals surface area contributed by atoms with E-state index < -0.39 is 0 Å². The number of Topliss-reactive ketones (excluding diaryl/α,β-unsaturated/α-hetero) is 1. The van der Waals surface area contributed by atoms with E-state index in [1.807, 2.05) is 80.8 Å². The minimum atomic E-state index is -0.216. The molecule has 0 aliphatic heterocycles. The van der Waals surface area contributed by atoms with Gasteiger partial charge in [-0.15, -0.1) is 12.4 Å². The number of carbonyl (C=O) groups excluding carboxylic acids is 1. The van der Waals surface area contributed by atoms with Gasteiger partial charge < -0.3 is 9.64 Å². The Labute approximate surface area is 179 Å². The molecule has 3 rings (SSSR count). The van der Waals surface area contributed by atoms with Gasteiger partial charge in [0.05, 0.1) is 7.11 Å². The second-order valence-corrected chi connectivity index (χ2v) is 7.26. The Hall–Kier alpha value is -2.62. The first-order valence-electron chi connectivity index (χ1n) is 9.53. The van der Waals surface area contributed by atoms with E-state index in [4.69, 9.17) is 4.74 Å². The van der Waals surface area contributed by atoms with E-state index in [9.17, 15) is 4.79 Å². The van der Waals surface area contributed by atoms with E-state index in [0.29, 0.717) is 6.54 Å². The number of halogens is 1. The highest BCUT2D eigenvalue weighted by Gasteiger charge is 2.32. The summed E-state index contributed by atoms with van der Waals surface area (Å²) in [6.07, 6.45) is 0. The second kappa shape index (κ2) is 10.8. The molecule has 3 aromatic rings. The zero-order chi connectivity index (χ0) is 19.9. The topological polar surface area (TPSA) is 29.5 Å². The van der Waals surface area contributed by atoms with Crippen LogP contribution in [-0.2, 0) is 0 Å². The Morgan fingerprint density at radius 1 is 0.862 bits per heavy atom. The van der Waals surface area contributed by atoms with Crippen LogP contribution < -0.4 is 4.74 Å². The quantitative estimate of drug-likeness (QED) is 0.472. The van der Waals surface area contributed by atoms with Gasteiger partial charge >= 0.3 is 0 Å². The molecule has 0 N–H and O–H groups in total. The van der Waals surface area contributed by atoms with Crippen molar-refractivity contribution in [3.8, 4) is 5.75 Å². The summed E-state index contributed by atoms with van der Waals surface area (Å²) in [7, 11) is 5.70. The largest absolute Gasteiger partial charge is 0.497 e. The number of nitrogens with zero attached hydrogens (tertiary/aromatic N) is 1.